The summed E-state index contributed by atoms with van der Waals surface area (Å²) in [5.41, 5.74) is 1.35. The van der Waals surface area contributed by atoms with Crippen LogP contribution in [0.25, 0.3) is 10.9 Å². The summed E-state index contributed by atoms with van der Waals surface area (Å²) < 4.78 is 0. The van der Waals surface area contributed by atoms with E-state index in [0.717, 1.165) is 12.0 Å². The zero-order valence-electron chi connectivity index (χ0n) is 11.9. The monoisotopic (exact) mass is 293 g/mol. The molecule has 0 spiro atoms. The number of amides is 1. The van der Waals surface area contributed by atoms with Crippen LogP contribution in [-0.2, 0) is 6.42 Å². The number of nitrogens with one attached hydrogen (secondary N) is 2. The number of nitrogens with zero attached hydrogens (tertiary/aromatic N) is 1. The third-order valence-electron chi connectivity index (χ3n) is 3.37. The molecule has 0 fully saturated rings. The van der Waals surface area contributed by atoms with Crippen molar-refractivity contribution in [1.29, 1.82) is 0 Å². The average Bonchev–Trinajstić information content (AvgIpc) is 2.56. The lowest BCUT2D eigenvalue weighted by Crippen LogP contribution is -2.29. The van der Waals surface area contributed by atoms with E-state index in [0.29, 0.717) is 17.4 Å². The van der Waals surface area contributed by atoms with Crippen LogP contribution in [0, 0.1) is 0 Å². The van der Waals surface area contributed by atoms with E-state index in [1.54, 1.807) is 24.3 Å². The van der Waals surface area contributed by atoms with Crippen molar-refractivity contribution in [3.8, 4) is 0 Å². The molecule has 3 rings (SSSR count). The van der Waals surface area contributed by atoms with Gasteiger partial charge in [0.1, 0.15) is 0 Å². The quantitative estimate of drug-likeness (QED) is 0.771. The van der Waals surface area contributed by atoms with Crippen LogP contribution in [0.4, 0.5) is 0 Å². The van der Waals surface area contributed by atoms with Crippen LogP contribution in [0.2, 0.25) is 0 Å². The summed E-state index contributed by atoms with van der Waals surface area (Å²) >= 11 is 0. The number of aromatic amines is 1. The number of carbonyl (C=O) groups is 1. The molecule has 0 aliphatic rings. The molecule has 1 amide bonds. The number of hydrogen-bond donors (Lipinski definition) is 2. The van der Waals surface area contributed by atoms with E-state index < -0.39 is 0 Å². The molecular formula is C17H15N3O2. The first kappa shape index (κ1) is 14.0. The molecule has 2 aromatic carbocycles. The Bertz CT molecular complexity index is 856. The van der Waals surface area contributed by atoms with Crippen molar-refractivity contribution < 1.29 is 4.79 Å². The molecule has 3 aromatic rings. The molecule has 110 valence electrons. The first-order valence-electron chi connectivity index (χ1n) is 7.05. The Morgan fingerprint density at radius 3 is 2.59 bits per heavy atom. The van der Waals surface area contributed by atoms with Crippen molar-refractivity contribution in [3.05, 3.63) is 76.3 Å². The second-order valence-electron chi connectivity index (χ2n) is 4.92. The Balaban J connectivity index is 1.71. The summed E-state index contributed by atoms with van der Waals surface area (Å²) in [5, 5.41) is 3.24. The van der Waals surface area contributed by atoms with E-state index >= 15 is 0 Å². The number of hydrogen-bond acceptors (Lipinski definition) is 3. The number of carbonyl (C=O) groups excluding carboxylic acids is 1. The number of rotatable bonds is 4. The Hall–Kier alpha value is -2.95. The van der Waals surface area contributed by atoms with Gasteiger partial charge in [-0.1, -0.05) is 42.5 Å². The smallest absolute Gasteiger partial charge is 0.287 e. The molecule has 1 aromatic heterocycles. The first-order valence-corrected chi connectivity index (χ1v) is 7.05. The first-order chi connectivity index (χ1) is 10.7. The number of H-pyrrole nitrogens is 1. The van der Waals surface area contributed by atoms with Crippen molar-refractivity contribution in [2.24, 2.45) is 0 Å². The molecule has 1 heterocycles. The van der Waals surface area contributed by atoms with Gasteiger partial charge >= 0.3 is 0 Å². The van der Waals surface area contributed by atoms with Crippen LogP contribution in [0.5, 0.6) is 0 Å². The molecule has 0 aliphatic carbocycles. The van der Waals surface area contributed by atoms with Crippen molar-refractivity contribution in [1.82, 2.24) is 15.3 Å². The van der Waals surface area contributed by atoms with Crippen LogP contribution in [-0.4, -0.2) is 22.4 Å². The molecule has 2 N–H and O–H groups in total. The largest absolute Gasteiger partial charge is 0.349 e. The normalized spacial score (nSPS) is 10.5. The molecule has 0 bridgehead atoms. The van der Waals surface area contributed by atoms with E-state index in [9.17, 15) is 9.59 Å². The lowest BCUT2D eigenvalue weighted by Gasteiger charge is -2.05. The third kappa shape index (κ3) is 3.03. The van der Waals surface area contributed by atoms with Crippen LogP contribution >= 0.6 is 0 Å². The second-order valence-corrected chi connectivity index (χ2v) is 4.92. The maximum Gasteiger partial charge on any atom is 0.287 e. The van der Waals surface area contributed by atoms with Crippen molar-refractivity contribution in [3.63, 3.8) is 0 Å². The molecule has 0 saturated heterocycles. The highest BCUT2D eigenvalue weighted by Crippen LogP contribution is 2.05. The number of fused-ring (bicyclic) bond motifs is 1. The van der Waals surface area contributed by atoms with E-state index in [4.69, 9.17) is 0 Å². The van der Waals surface area contributed by atoms with Crippen molar-refractivity contribution in [2.75, 3.05) is 6.54 Å². The zero-order valence-corrected chi connectivity index (χ0v) is 11.9. The standard InChI is InChI=1S/C17H15N3O2/c21-16-13-8-4-5-9-14(13)19-15(20-16)17(22)18-11-10-12-6-2-1-3-7-12/h1-9H,10-11H2,(H,18,22)(H,19,20,21). The SMILES string of the molecule is O=C(NCCc1ccccc1)c1nc2ccccc2c(=O)[nH]1. The zero-order chi connectivity index (χ0) is 15.4. The fourth-order valence-corrected chi connectivity index (χ4v) is 2.24. The fourth-order valence-electron chi connectivity index (χ4n) is 2.24. The van der Waals surface area contributed by atoms with Gasteiger partial charge in [0.05, 0.1) is 10.9 Å². The second kappa shape index (κ2) is 6.22. The van der Waals surface area contributed by atoms with Gasteiger partial charge in [-0.15, -0.1) is 0 Å². The van der Waals surface area contributed by atoms with Crippen LogP contribution in [0.1, 0.15) is 16.2 Å². The molecule has 5 heteroatoms. The third-order valence-corrected chi connectivity index (χ3v) is 3.37. The Kier molecular flexibility index (Phi) is 3.96. The van der Waals surface area contributed by atoms with Gasteiger partial charge in [0.25, 0.3) is 11.5 Å². The van der Waals surface area contributed by atoms with E-state index in [1.807, 2.05) is 30.3 Å². The van der Waals surface area contributed by atoms with Gasteiger partial charge in [-0.3, -0.25) is 9.59 Å². The van der Waals surface area contributed by atoms with Crippen molar-refractivity contribution in [2.45, 2.75) is 6.42 Å². The average molecular weight is 293 g/mol. The predicted molar refractivity (Wildman–Crippen MR) is 84.8 cm³/mol. The molecule has 0 unspecified atom stereocenters. The Labute approximate surface area is 127 Å². The van der Waals surface area contributed by atoms with Gasteiger partial charge < -0.3 is 10.3 Å². The highest BCUT2D eigenvalue weighted by Gasteiger charge is 2.10. The highest BCUT2D eigenvalue weighted by molar-refractivity contribution is 5.92. The van der Waals surface area contributed by atoms with Gasteiger partial charge in [0.2, 0.25) is 0 Å². The Morgan fingerprint density at radius 1 is 1.05 bits per heavy atom. The minimum Gasteiger partial charge on any atom is -0.349 e. The number of aromatic nitrogens is 2. The Morgan fingerprint density at radius 2 is 1.77 bits per heavy atom. The summed E-state index contributed by atoms with van der Waals surface area (Å²) in [4.78, 5) is 30.7. The van der Waals surface area contributed by atoms with Gasteiger partial charge in [-0.05, 0) is 24.1 Å². The van der Waals surface area contributed by atoms with Gasteiger partial charge in [-0.25, -0.2) is 4.98 Å². The summed E-state index contributed by atoms with van der Waals surface area (Å²) in [5.74, 6) is -0.337. The van der Waals surface area contributed by atoms with Gasteiger partial charge in [0, 0.05) is 6.54 Å². The van der Waals surface area contributed by atoms with Gasteiger partial charge in [0.15, 0.2) is 5.82 Å². The fraction of sp³-hybridized carbons (Fsp3) is 0.118. The molecule has 0 aliphatic heterocycles. The van der Waals surface area contributed by atoms with E-state index in [-0.39, 0.29) is 17.3 Å². The summed E-state index contributed by atoms with van der Waals surface area (Å²) in [6.45, 7) is 0.485. The number of benzene rings is 2. The molecule has 22 heavy (non-hydrogen) atoms. The van der Waals surface area contributed by atoms with Crippen LogP contribution < -0.4 is 10.9 Å². The van der Waals surface area contributed by atoms with Crippen LogP contribution in [0.3, 0.4) is 0 Å². The molecule has 0 atom stereocenters. The van der Waals surface area contributed by atoms with Crippen LogP contribution in [0.15, 0.2) is 59.4 Å². The lowest BCUT2D eigenvalue weighted by atomic mass is 10.1. The molecule has 0 radical (unpaired) electrons. The minimum atomic E-state index is -0.376. The maximum atomic E-state index is 12.1. The summed E-state index contributed by atoms with van der Waals surface area (Å²) in [6.07, 6.45) is 0.727. The lowest BCUT2D eigenvalue weighted by molar-refractivity contribution is 0.0944. The predicted octanol–water partition coefficient (Wildman–Crippen LogP) is 1.90. The topological polar surface area (TPSA) is 74.8 Å². The molecule has 0 saturated carbocycles. The van der Waals surface area contributed by atoms with Gasteiger partial charge in [-0.2, -0.15) is 0 Å². The molecule has 5 nitrogen and oxygen atoms in total. The van der Waals surface area contributed by atoms with E-state index in [1.165, 1.54) is 0 Å². The minimum absolute atomic E-state index is 0.0387. The van der Waals surface area contributed by atoms with Crippen molar-refractivity contribution >= 4 is 16.8 Å². The summed E-state index contributed by atoms with van der Waals surface area (Å²) in [6, 6.07) is 16.8. The molecular weight excluding hydrogens is 278 g/mol. The summed E-state index contributed by atoms with van der Waals surface area (Å²) in [7, 11) is 0. The van der Waals surface area contributed by atoms with E-state index in [2.05, 4.69) is 15.3 Å². The maximum absolute atomic E-state index is 12.1. The number of para-hydroxylation sites is 1. The highest BCUT2D eigenvalue weighted by atomic mass is 16.2.